The number of rotatable bonds is 1. The van der Waals surface area contributed by atoms with Gasteiger partial charge in [0.1, 0.15) is 5.75 Å². The maximum atomic E-state index is 13.4. The van der Waals surface area contributed by atoms with E-state index in [0.717, 1.165) is 37.1 Å². The van der Waals surface area contributed by atoms with E-state index in [0.29, 0.717) is 23.8 Å². The second-order valence-corrected chi connectivity index (χ2v) is 8.56. The number of aromatic nitrogens is 2. The zero-order chi connectivity index (χ0) is 19.0. The van der Waals surface area contributed by atoms with Gasteiger partial charge in [-0.2, -0.15) is 18.3 Å². The van der Waals surface area contributed by atoms with E-state index < -0.39 is 11.9 Å². The zero-order valence-electron chi connectivity index (χ0n) is 15.5. The van der Waals surface area contributed by atoms with Gasteiger partial charge in [0.05, 0.1) is 7.11 Å². The SMILES string of the molecule is COc1ccc2c(c1)CC[C@@H]1[C@@H]2CC[C@]2(C)c3[nH]nc(C(F)(F)F)c3C[C@@H]12. The van der Waals surface area contributed by atoms with Crippen LogP contribution in [0.4, 0.5) is 13.2 Å². The lowest BCUT2D eigenvalue weighted by Crippen LogP contribution is -2.43. The van der Waals surface area contributed by atoms with Crippen molar-refractivity contribution in [2.24, 2.45) is 11.8 Å². The molecule has 144 valence electrons. The van der Waals surface area contributed by atoms with E-state index in [1.807, 2.05) is 6.07 Å². The Morgan fingerprint density at radius 2 is 2.07 bits per heavy atom. The average Bonchev–Trinajstić information content (AvgIpc) is 3.18. The Kier molecular flexibility index (Phi) is 3.50. The molecule has 27 heavy (non-hydrogen) atoms. The van der Waals surface area contributed by atoms with Crippen LogP contribution >= 0.6 is 0 Å². The molecular weight excluding hydrogens is 353 g/mol. The van der Waals surface area contributed by atoms with Crippen LogP contribution in [0.25, 0.3) is 0 Å². The van der Waals surface area contributed by atoms with E-state index in [2.05, 4.69) is 29.3 Å². The Hall–Kier alpha value is -1.98. The number of aromatic amines is 1. The van der Waals surface area contributed by atoms with Crippen molar-refractivity contribution in [2.75, 3.05) is 7.11 Å². The van der Waals surface area contributed by atoms with E-state index in [-0.39, 0.29) is 11.3 Å². The van der Waals surface area contributed by atoms with E-state index in [4.69, 9.17) is 4.74 Å². The Morgan fingerprint density at radius 3 is 2.81 bits per heavy atom. The van der Waals surface area contributed by atoms with Crippen molar-refractivity contribution in [1.29, 1.82) is 0 Å². The number of H-pyrrole nitrogens is 1. The summed E-state index contributed by atoms with van der Waals surface area (Å²) in [6, 6.07) is 6.31. The van der Waals surface area contributed by atoms with E-state index in [1.165, 1.54) is 11.1 Å². The lowest BCUT2D eigenvalue weighted by Gasteiger charge is -2.49. The van der Waals surface area contributed by atoms with Crippen molar-refractivity contribution in [3.05, 3.63) is 46.3 Å². The van der Waals surface area contributed by atoms with Gasteiger partial charge in [0.2, 0.25) is 0 Å². The average molecular weight is 376 g/mol. The monoisotopic (exact) mass is 376 g/mol. The maximum absolute atomic E-state index is 13.4. The summed E-state index contributed by atoms with van der Waals surface area (Å²) in [6.45, 7) is 2.14. The number of nitrogens with zero attached hydrogens (tertiary/aromatic N) is 1. The molecule has 5 rings (SSSR count). The first-order chi connectivity index (χ1) is 12.8. The number of hydrogen-bond acceptors (Lipinski definition) is 2. The maximum Gasteiger partial charge on any atom is 0.435 e. The number of fused-ring (bicyclic) bond motifs is 7. The van der Waals surface area contributed by atoms with Crippen molar-refractivity contribution >= 4 is 0 Å². The van der Waals surface area contributed by atoms with Gasteiger partial charge in [0, 0.05) is 16.7 Å². The highest BCUT2D eigenvalue weighted by Gasteiger charge is 2.56. The van der Waals surface area contributed by atoms with Crippen LogP contribution in [0.5, 0.6) is 5.75 Å². The van der Waals surface area contributed by atoms with Crippen LogP contribution in [0.2, 0.25) is 0 Å². The number of alkyl halides is 3. The molecule has 1 aromatic heterocycles. The number of ether oxygens (including phenoxy) is 1. The predicted molar refractivity (Wildman–Crippen MR) is 94.9 cm³/mol. The quantitative estimate of drug-likeness (QED) is 0.760. The van der Waals surface area contributed by atoms with E-state index in [1.54, 1.807) is 7.11 Å². The molecule has 2 aromatic rings. The molecule has 0 bridgehead atoms. The first-order valence-electron chi connectivity index (χ1n) is 9.64. The molecule has 1 aromatic carbocycles. The topological polar surface area (TPSA) is 37.9 Å². The molecule has 0 aliphatic heterocycles. The fourth-order valence-corrected chi connectivity index (χ4v) is 6.18. The standard InChI is InChI=1S/C21H23F3N2O/c1-20-8-7-14-13-6-4-12(27-2)9-11(13)3-5-15(14)17(20)10-16-18(20)25-26-19(16)21(22,23)24/h4,6,9,14-15,17H,3,5,7-8,10H2,1-2H3,(H,25,26)/t14-,15-,17+,20+/m1/s1. The van der Waals surface area contributed by atoms with Crippen LogP contribution in [-0.2, 0) is 24.4 Å². The van der Waals surface area contributed by atoms with Gasteiger partial charge in [-0.25, -0.2) is 0 Å². The molecule has 0 amide bonds. The van der Waals surface area contributed by atoms with Crippen LogP contribution in [0.1, 0.15) is 60.2 Å². The van der Waals surface area contributed by atoms with Gasteiger partial charge in [0.25, 0.3) is 0 Å². The van der Waals surface area contributed by atoms with Crippen LogP contribution in [0.3, 0.4) is 0 Å². The minimum atomic E-state index is -4.39. The van der Waals surface area contributed by atoms with Crippen molar-refractivity contribution in [2.45, 2.75) is 56.5 Å². The third-order valence-corrected chi connectivity index (χ3v) is 7.45. The highest BCUT2D eigenvalue weighted by atomic mass is 19.4. The number of benzene rings is 1. The van der Waals surface area contributed by atoms with Crippen molar-refractivity contribution in [1.82, 2.24) is 10.2 Å². The summed E-state index contributed by atoms with van der Waals surface area (Å²) in [5, 5.41) is 6.42. The number of nitrogens with one attached hydrogen (secondary N) is 1. The predicted octanol–water partition coefficient (Wildman–Crippen LogP) is 5.01. The van der Waals surface area contributed by atoms with Gasteiger partial charge in [-0.05, 0) is 73.1 Å². The Bertz CT molecular complexity index is 903. The zero-order valence-corrected chi connectivity index (χ0v) is 15.5. The smallest absolute Gasteiger partial charge is 0.435 e. The fourth-order valence-electron chi connectivity index (χ4n) is 6.18. The second kappa shape index (κ2) is 5.52. The summed E-state index contributed by atoms with van der Waals surface area (Å²) in [5.74, 6) is 1.98. The Morgan fingerprint density at radius 1 is 1.26 bits per heavy atom. The molecule has 0 spiro atoms. The Labute approximate surface area is 156 Å². The van der Waals surface area contributed by atoms with Gasteiger partial charge in [0.15, 0.2) is 5.69 Å². The largest absolute Gasteiger partial charge is 0.497 e. The summed E-state index contributed by atoms with van der Waals surface area (Å²) < 4.78 is 45.5. The second-order valence-electron chi connectivity index (χ2n) is 8.56. The molecular formula is C21H23F3N2O. The summed E-state index contributed by atoms with van der Waals surface area (Å²) in [7, 11) is 1.68. The molecule has 6 heteroatoms. The van der Waals surface area contributed by atoms with Crippen LogP contribution in [-0.4, -0.2) is 17.3 Å². The number of halogens is 3. The number of aryl methyl sites for hydroxylation is 1. The van der Waals surface area contributed by atoms with Crippen molar-refractivity contribution in [3.8, 4) is 5.75 Å². The summed E-state index contributed by atoms with van der Waals surface area (Å²) in [5.41, 5.74) is 2.93. The van der Waals surface area contributed by atoms with Crippen LogP contribution < -0.4 is 4.74 Å². The molecule has 0 unspecified atom stereocenters. The lowest BCUT2D eigenvalue weighted by atomic mass is 9.55. The Balaban J connectivity index is 1.52. The molecule has 3 aliphatic carbocycles. The highest BCUT2D eigenvalue weighted by molar-refractivity contribution is 5.45. The first kappa shape index (κ1) is 17.1. The number of hydrogen-bond donors (Lipinski definition) is 1. The molecule has 3 aliphatic rings. The van der Waals surface area contributed by atoms with Gasteiger partial charge in [-0.1, -0.05) is 13.0 Å². The molecule has 0 saturated heterocycles. The highest BCUT2D eigenvalue weighted by Crippen LogP contribution is 2.60. The van der Waals surface area contributed by atoms with Gasteiger partial charge in [-0.3, -0.25) is 5.10 Å². The first-order valence-corrected chi connectivity index (χ1v) is 9.64. The van der Waals surface area contributed by atoms with E-state index in [9.17, 15) is 13.2 Å². The van der Waals surface area contributed by atoms with E-state index >= 15 is 0 Å². The van der Waals surface area contributed by atoms with Gasteiger partial charge in [-0.15, -0.1) is 0 Å². The number of methoxy groups -OCH3 is 1. The van der Waals surface area contributed by atoms with Gasteiger partial charge < -0.3 is 4.74 Å². The normalized spacial score (nSPS) is 31.7. The molecule has 3 nitrogen and oxygen atoms in total. The van der Waals surface area contributed by atoms with Crippen LogP contribution in [0.15, 0.2) is 18.2 Å². The molecule has 1 N–H and O–H groups in total. The molecule has 4 atom stereocenters. The minimum Gasteiger partial charge on any atom is -0.497 e. The molecule has 0 radical (unpaired) electrons. The minimum absolute atomic E-state index is 0.225. The molecule has 1 heterocycles. The molecule has 1 fully saturated rings. The molecule has 1 saturated carbocycles. The van der Waals surface area contributed by atoms with Crippen LogP contribution in [0, 0.1) is 11.8 Å². The van der Waals surface area contributed by atoms with Crippen molar-refractivity contribution < 1.29 is 17.9 Å². The summed E-state index contributed by atoms with van der Waals surface area (Å²) in [6.07, 6.45) is 0.0171. The summed E-state index contributed by atoms with van der Waals surface area (Å²) >= 11 is 0. The third kappa shape index (κ3) is 2.31. The van der Waals surface area contributed by atoms with Crippen molar-refractivity contribution in [3.63, 3.8) is 0 Å². The lowest BCUT2D eigenvalue weighted by molar-refractivity contribution is -0.141. The fraction of sp³-hybridized carbons (Fsp3) is 0.571. The van der Waals surface area contributed by atoms with Gasteiger partial charge >= 0.3 is 6.18 Å². The summed E-state index contributed by atoms with van der Waals surface area (Å²) in [4.78, 5) is 0. The third-order valence-electron chi connectivity index (χ3n) is 7.45.